The molecule has 0 unspecified atom stereocenters. The number of β-amino-alcohol motifs (C(OH)–C–C–N with tert-alkyl or cyclic N) is 1. The Morgan fingerprint density at radius 2 is 2.05 bits per heavy atom. The van der Waals surface area contributed by atoms with E-state index >= 15 is 0 Å². The zero-order chi connectivity index (χ0) is 16.5. The molecule has 124 valence electrons. The summed E-state index contributed by atoms with van der Waals surface area (Å²) >= 11 is 0. The Kier molecular flexibility index (Phi) is 4.56. The maximum absolute atomic E-state index is 13.2. The largest absolute Gasteiger partial charge is 0.492 e. The summed E-state index contributed by atoms with van der Waals surface area (Å²) in [4.78, 5) is 5.32. The molecule has 0 spiro atoms. The fraction of sp³-hybridized carbons (Fsp3) is 0.667. The van der Waals surface area contributed by atoms with E-state index in [9.17, 15) is 18.3 Å². The molecule has 1 aromatic heterocycles. The molecule has 4 nitrogen and oxygen atoms in total. The highest BCUT2D eigenvalue weighted by molar-refractivity contribution is 5.54. The first-order valence-corrected chi connectivity index (χ1v) is 7.26. The smallest absolute Gasteiger partial charge is 0.420 e. The monoisotopic (exact) mass is 318 g/mol. The first-order valence-electron chi connectivity index (χ1n) is 7.26. The van der Waals surface area contributed by atoms with Gasteiger partial charge in [-0.1, -0.05) is 13.8 Å². The van der Waals surface area contributed by atoms with Crippen molar-refractivity contribution in [1.82, 2.24) is 4.98 Å². The molecular weight excluding hydrogens is 297 g/mol. The van der Waals surface area contributed by atoms with Gasteiger partial charge in [0.05, 0.1) is 18.4 Å². The third-order valence-electron chi connectivity index (χ3n) is 3.47. The van der Waals surface area contributed by atoms with Crippen molar-refractivity contribution in [2.75, 3.05) is 24.6 Å². The van der Waals surface area contributed by atoms with Gasteiger partial charge in [0.1, 0.15) is 17.1 Å². The van der Waals surface area contributed by atoms with Gasteiger partial charge in [-0.2, -0.15) is 13.2 Å². The molecule has 2 rings (SSSR count). The van der Waals surface area contributed by atoms with Crippen molar-refractivity contribution >= 4 is 5.82 Å². The predicted molar refractivity (Wildman–Crippen MR) is 77.0 cm³/mol. The maximum atomic E-state index is 13.2. The summed E-state index contributed by atoms with van der Waals surface area (Å²) in [5.41, 5.74) is -1.79. The van der Waals surface area contributed by atoms with Gasteiger partial charge in [0.15, 0.2) is 0 Å². The van der Waals surface area contributed by atoms with Crippen molar-refractivity contribution in [1.29, 1.82) is 0 Å². The summed E-state index contributed by atoms with van der Waals surface area (Å²) in [6, 6.07) is 0.982. The summed E-state index contributed by atoms with van der Waals surface area (Å²) in [6.07, 6.45) is -2.45. The zero-order valence-corrected chi connectivity index (χ0v) is 12.9. The van der Waals surface area contributed by atoms with E-state index in [0.717, 1.165) is 12.5 Å². The van der Waals surface area contributed by atoms with E-state index < -0.39 is 17.3 Å². The van der Waals surface area contributed by atoms with Gasteiger partial charge in [0.2, 0.25) is 0 Å². The molecule has 1 N–H and O–H groups in total. The van der Waals surface area contributed by atoms with E-state index in [1.54, 1.807) is 6.92 Å². The van der Waals surface area contributed by atoms with Gasteiger partial charge in [-0.15, -0.1) is 0 Å². The highest BCUT2D eigenvalue weighted by Gasteiger charge is 2.43. The van der Waals surface area contributed by atoms with Gasteiger partial charge < -0.3 is 14.7 Å². The minimum absolute atomic E-state index is 0.115. The summed E-state index contributed by atoms with van der Waals surface area (Å²) in [5, 5.41) is 9.69. The number of rotatable bonds is 5. The van der Waals surface area contributed by atoms with Crippen LogP contribution in [0.1, 0.15) is 32.8 Å². The lowest BCUT2D eigenvalue weighted by Gasteiger charge is -2.45. The molecule has 1 saturated heterocycles. The van der Waals surface area contributed by atoms with E-state index in [2.05, 4.69) is 4.98 Å². The summed E-state index contributed by atoms with van der Waals surface area (Å²) in [5.74, 6) is 0.372. The van der Waals surface area contributed by atoms with Crippen molar-refractivity contribution in [3.05, 3.63) is 17.8 Å². The van der Waals surface area contributed by atoms with Crippen LogP contribution in [0.3, 0.4) is 0 Å². The van der Waals surface area contributed by atoms with E-state index in [4.69, 9.17) is 4.74 Å². The molecule has 0 aromatic carbocycles. The van der Waals surface area contributed by atoms with Gasteiger partial charge >= 0.3 is 6.18 Å². The summed E-state index contributed by atoms with van der Waals surface area (Å²) in [6.45, 7) is 6.24. The number of nitrogens with zero attached hydrogens (tertiary/aromatic N) is 2. The highest BCUT2D eigenvalue weighted by Crippen LogP contribution is 2.39. The van der Waals surface area contributed by atoms with Crippen LogP contribution in [0.15, 0.2) is 12.3 Å². The molecule has 0 amide bonds. The number of ether oxygens (including phenoxy) is 1. The summed E-state index contributed by atoms with van der Waals surface area (Å²) in [7, 11) is 0. The van der Waals surface area contributed by atoms with Gasteiger partial charge in [-0.05, 0) is 25.3 Å². The van der Waals surface area contributed by atoms with Crippen molar-refractivity contribution < 1.29 is 23.0 Å². The second-order valence-corrected chi connectivity index (χ2v) is 6.42. The third-order valence-corrected chi connectivity index (χ3v) is 3.47. The average Bonchev–Trinajstić information content (AvgIpc) is 2.34. The minimum atomic E-state index is -4.51. The number of alkyl halides is 3. The lowest BCUT2D eigenvalue weighted by molar-refractivity contribution is -0.137. The number of anilines is 1. The number of aliphatic hydroxyl groups is 1. The van der Waals surface area contributed by atoms with Crippen LogP contribution in [0.2, 0.25) is 0 Å². The van der Waals surface area contributed by atoms with Crippen LogP contribution >= 0.6 is 0 Å². The van der Waals surface area contributed by atoms with E-state index in [1.165, 1.54) is 11.1 Å². The topological polar surface area (TPSA) is 45.6 Å². The molecule has 0 aliphatic carbocycles. The molecule has 7 heteroatoms. The third kappa shape index (κ3) is 4.03. The first-order chi connectivity index (χ1) is 10.1. The van der Waals surface area contributed by atoms with Gasteiger partial charge in [-0.25, -0.2) is 4.98 Å². The number of hydrogen-bond acceptors (Lipinski definition) is 4. The Labute approximate surface area is 127 Å². The van der Waals surface area contributed by atoms with Gasteiger partial charge in [0.25, 0.3) is 0 Å². The van der Waals surface area contributed by atoms with Crippen LogP contribution in [-0.2, 0) is 6.18 Å². The van der Waals surface area contributed by atoms with Gasteiger partial charge in [-0.3, -0.25) is 0 Å². The molecule has 0 bridgehead atoms. The van der Waals surface area contributed by atoms with Crippen molar-refractivity contribution in [2.24, 2.45) is 5.92 Å². The standard InChI is InChI=1S/C15H21F3N2O2/c1-10(2)4-5-22-11-6-12(15(16,17)18)13(19-7-11)20-8-14(3,21)9-20/h6-7,10,21H,4-5,8-9H2,1-3H3. The van der Waals surface area contributed by atoms with Crippen LogP contribution in [0.5, 0.6) is 5.75 Å². The number of pyridine rings is 1. The molecule has 1 fully saturated rings. The highest BCUT2D eigenvalue weighted by atomic mass is 19.4. The molecule has 1 aromatic rings. The van der Waals surface area contributed by atoms with Crippen LogP contribution in [0.4, 0.5) is 19.0 Å². The number of hydrogen-bond donors (Lipinski definition) is 1. The Bertz CT molecular complexity index is 522. The van der Waals surface area contributed by atoms with Crippen molar-refractivity contribution in [3.8, 4) is 5.75 Å². The maximum Gasteiger partial charge on any atom is 0.420 e. The molecular formula is C15H21F3N2O2. The van der Waals surface area contributed by atoms with Crippen LogP contribution < -0.4 is 9.64 Å². The van der Waals surface area contributed by atoms with Crippen LogP contribution in [0, 0.1) is 5.92 Å². The average molecular weight is 318 g/mol. The fourth-order valence-electron chi connectivity index (χ4n) is 2.32. The first kappa shape index (κ1) is 16.9. The van der Waals surface area contributed by atoms with Crippen molar-refractivity contribution in [2.45, 2.75) is 39.0 Å². The molecule has 22 heavy (non-hydrogen) atoms. The van der Waals surface area contributed by atoms with E-state index in [1.807, 2.05) is 13.8 Å². The molecule has 0 saturated carbocycles. The Hall–Kier alpha value is -1.50. The second kappa shape index (κ2) is 5.95. The van der Waals surface area contributed by atoms with E-state index in [-0.39, 0.29) is 24.7 Å². The summed E-state index contributed by atoms with van der Waals surface area (Å²) < 4.78 is 45.0. The number of halogens is 3. The zero-order valence-electron chi connectivity index (χ0n) is 12.9. The number of aromatic nitrogens is 1. The minimum Gasteiger partial charge on any atom is -0.492 e. The van der Waals surface area contributed by atoms with Gasteiger partial charge in [0, 0.05) is 13.1 Å². The van der Waals surface area contributed by atoms with E-state index in [0.29, 0.717) is 12.5 Å². The SMILES string of the molecule is CC(C)CCOc1cnc(N2CC(C)(O)C2)c(C(F)(F)F)c1. The second-order valence-electron chi connectivity index (χ2n) is 6.42. The molecule has 2 heterocycles. The molecule has 0 atom stereocenters. The predicted octanol–water partition coefficient (Wildman–Crippen LogP) is 3.10. The van der Waals surface area contributed by atoms with Crippen molar-refractivity contribution in [3.63, 3.8) is 0 Å². The molecule has 0 radical (unpaired) electrons. The quantitative estimate of drug-likeness (QED) is 0.906. The Morgan fingerprint density at radius 1 is 1.41 bits per heavy atom. The normalized spacial score (nSPS) is 17.5. The van der Waals surface area contributed by atoms with Crippen LogP contribution in [-0.4, -0.2) is 35.4 Å². The Balaban J connectivity index is 2.17. The molecule has 1 aliphatic heterocycles. The Morgan fingerprint density at radius 3 is 2.55 bits per heavy atom. The molecule has 1 aliphatic rings. The lowest BCUT2D eigenvalue weighted by atomic mass is 9.96. The lowest BCUT2D eigenvalue weighted by Crippen LogP contribution is -2.60. The fourth-order valence-corrected chi connectivity index (χ4v) is 2.32. The van der Waals surface area contributed by atoms with Crippen LogP contribution in [0.25, 0.3) is 0 Å².